The van der Waals surface area contributed by atoms with E-state index in [1.54, 1.807) is 0 Å². The van der Waals surface area contributed by atoms with Gasteiger partial charge in [-0.25, -0.2) is 0 Å². The highest BCUT2D eigenvalue weighted by Gasteiger charge is 2.23. The Hall–Kier alpha value is -6.16. The first-order valence-corrected chi connectivity index (χ1v) is 17.6. The Kier molecular flexibility index (Phi) is 4.89. The Morgan fingerprint density at radius 3 is 2.00 bits per heavy atom. The van der Waals surface area contributed by atoms with Crippen LogP contribution in [0.15, 0.2) is 156 Å². The Morgan fingerprint density at radius 1 is 0.429 bits per heavy atom. The molecule has 3 heterocycles. The van der Waals surface area contributed by atoms with Crippen molar-refractivity contribution in [2.45, 2.75) is 0 Å². The number of hydrogen-bond donors (Lipinski definition) is 0. The molecule has 0 fully saturated rings. The summed E-state index contributed by atoms with van der Waals surface area (Å²) < 4.78 is 11.6. The van der Waals surface area contributed by atoms with Crippen LogP contribution in [0.25, 0.3) is 114 Å². The number of fused-ring (bicyclic) bond motifs is 13. The molecule has 0 atom stereocenters. The van der Waals surface area contributed by atoms with Gasteiger partial charge >= 0.3 is 0 Å². The third kappa shape index (κ3) is 3.35. The molecule has 0 unspecified atom stereocenters. The summed E-state index contributed by atoms with van der Waals surface area (Å²) in [6.45, 7) is 0. The van der Waals surface area contributed by atoms with E-state index in [4.69, 9.17) is 4.42 Å². The van der Waals surface area contributed by atoms with E-state index in [0.29, 0.717) is 0 Å². The topological polar surface area (TPSA) is 18.1 Å². The highest BCUT2D eigenvalue weighted by Crippen LogP contribution is 2.50. The van der Waals surface area contributed by atoms with E-state index < -0.39 is 0 Å². The molecule has 49 heavy (non-hydrogen) atoms. The molecule has 1 aliphatic carbocycles. The first kappa shape index (κ1) is 25.9. The van der Waals surface area contributed by atoms with Crippen molar-refractivity contribution in [1.82, 2.24) is 4.57 Å². The number of hydrogen-bond acceptors (Lipinski definition) is 2. The minimum Gasteiger partial charge on any atom is -0.456 e. The van der Waals surface area contributed by atoms with Crippen LogP contribution in [0.1, 0.15) is 0 Å². The second kappa shape index (κ2) is 9.25. The lowest BCUT2D eigenvalue weighted by atomic mass is 9.93. The van der Waals surface area contributed by atoms with Crippen molar-refractivity contribution in [1.29, 1.82) is 0 Å². The predicted octanol–water partition coefficient (Wildman–Crippen LogP) is 13.5. The summed E-state index contributed by atoms with van der Waals surface area (Å²) in [6, 6.07) is 55.6. The molecule has 0 bridgehead atoms. The van der Waals surface area contributed by atoms with Gasteiger partial charge in [-0.15, -0.1) is 11.3 Å². The smallest absolute Gasteiger partial charge is 0.135 e. The number of benzene rings is 8. The van der Waals surface area contributed by atoms with Crippen LogP contribution in [-0.2, 0) is 0 Å². The fourth-order valence-corrected chi connectivity index (χ4v) is 9.87. The summed E-state index contributed by atoms with van der Waals surface area (Å²) in [5.74, 6) is 0. The summed E-state index contributed by atoms with van der Waals surface area (Å²) in [7, 11) is 0. The van der Waals surface area contributed by atoms with Gasteiger partial charge in [0.05, 0.1) is 15.7 Å². The molecule has 0 spiro atoms. The molecule has 0 saturated carbocycles. The zero-order valence-electron chi connectivity index (χ0n) is 26.2. The first-order valence-electron chi connectivity index (χ1n) is 16.8. The van der Waals surface area contributed by atoms with Crippen LogP contribution in [0.4, 0.5) is 0 Å². The van der Waals surface area contributed by atoms with Gasteiger partial charge in [-0.1, -0.05) is 109 Å². The third-order valence-electron chi connectivity index (χ3n) is 10.7. The number of para-hydroxylation sites is 1. The quantitative estimate of drug-likeness (QED) is 0.184. The Labute approximate surface area is 284 Å². The maximum Gasteiger partial charge on any atom is 0.135 e. The van der Waals surface area contributed by atoms with Gasteiger partial charge in [-0.05, 0) is 86.6 Å². The number of rotatable bonds is 2. The van der Waals surface area contributed by atoms with Crippen molar-refractivity contribution in [2.24, 2.45) is 0 Å². The molecule has 8 aromatic carbocycles. The molecular formula is C46H25NOS. The van der Waals surface area contributed by atoms with Crippen LogP contribution in [0, 0.1) is 0 Å². The predicted molar refractivity (Wildman–Crippen MR) is 208 cm³/mol. The molecule has 2 nitrogen and oxygen atoms in total. The highest BCUT2D eigenvalue weighted by atomic mass is 32.1. The van der Waals surface area contributed by atoms with Gasteiger partial charge in [0.25, 0.3) is 0 Å². The molecule has 0 saturated heterocycles. The number of aromatic nitrogens is 1. The van der Waals surface area contributed by atoms with Crippen molar-refractivity contribution in [2.75, 3.05) is 0 Å². The van der Waals surface area contributed by atoms with E-state index in [-0.39, 0.29) is 0 Å². The largest absolute Gasteiger partial charge is 0.456 e. The number of thiophene rings is 1. The van der Waals surface area contributed by atoms with Gasteiger partial charge in [0.2, 0.25) is 0 Å². The lowest BCUT2D eigenvalue weighted by molar-refractivity contribution is 0.669. The maximum absolute atomic E-state index is 6.47. The number of furan rings is 1. The van der Waals surface area contributed by atoms with Crippen LogP contribution in [0.3, 0.4) is 0 Å². The van der Waals surface area contributed by atoms with E-state index in [9.17, 15) is 0 Å². The summed E-state index contributed by atoms with van der Waals surface area (Å²) in [6.07, 6.45) is 0. The van der Waals surface area contributed by atoms with Crippen molar-refractivity contribution in [3.05, 3.63) is 152 Å². The first-order chi connectivity index (χ1) is 24.3. The Morgan fingerprint density at radius 2 is 1.10 bits per heavy atom. The summed E-state index contributed by atoms with van der Waals surface area (Å²) in [4.78, 5) is 0. The van der Waals surface area contributed by atoms with Gasteiger partial charge < -0.3 is 8.98 Å². The van der Waals surface area contributed by atoms with Gasteiger partial charge in [0, 0.05) is 42.7 Å². The molecule has 0 aliphatic heterocycles. The van der Waals surface area contributed by atoms with Crippen molar-refractivity contribution in [3.63, 3.8) is 0 Å². The zero-order chi connectivity index (χ0) is 31.8. The van der Waals surface area contributed by atoms with E-state index >= 15 is 0 Å². The average Bonchev–Trinajstić information content (AvgIpc) is 3.90. The molecule has 0 radical (unpaired) electrons. The fraction of sp³-hybridized carbons (Fsp3) is 0. The van der Waals surface area contributed by atoms with Crippen molar-refractivity contribution in [3.8, 4) is 39.1 Å². The van der Waals surface area contributed by atoms with Crippen LogP contribution in [0.5, 0.6) is 0 Å². The van der Waals surface area contributed by atoms with E-state index in [0.717, 1.165) is 27.6 Å². The van der Waals surface area contributed by atoms with Gasteiger partial charge in [-0.3, -0.25) is 0 Å². The minimum absolute atomic E-state index is 0.902. The van der Waals surface area contributed by atoms with E-state index in [2.05, 4.69) is 156 Å². The minimum atomic E-state index is 0.902. The molecule has 226 valence electrons. The highest BCUT2D eigenvalue weighted by molar-refractivity contribution is 7.26. The fourth-order valence-electron chi connectivity index (χ4n) is 8.63. The maximum atomic E-state index is 6.47. The third-order valence-corrected chi connectivity index (χ3v) is 11.9. The summed E-state index contributed by atoms with van der Waals surface area (Å²) in [5, 5.41) is 10.1. The van der Waals surface area contributed by atoms with Crippen molar-refractivity contribution >= 4 is 86.0 Å². The van der Waals surface area contributed by atoms with Crippen LogP contribution in [0.2, 0.25) is 0 Å². The monoisotopic (exact) mass is 639 g/mol. The van der Waals surface area contributed by atoms with Crippen molar-refractivity contribution < 1.29 is 4.42 Å². The SMILES string of the molecule is c1ccc2c(c1)-c1cccc3c(-c4ccc5oc6ccc(-n7c8ccccc8c8ccc9c%10ccccc%10sc9c87)cc6c5c4)ccc-2c13. The van der Waals surface area contributed by atoms with Crippen LogP contribution >= 0.6 is 11.3 Å². The summed E-state index contributed by atoms with van der Waals surface area (Å²) >= 11 is 1.89. The van der Waals surface area contributed by atoms with Gasteiger partial charge in [-0.2, -0.15) is 0 Å². The van der Waals surface area contributed by atoms with Crippen LogP contribution < -0.4 is 0 Å². The Balaban J connectivity index is 1.10. The molecular weight excluding hydrogens is 615 g/mol. The van der Waals surface area contributed by atoms with Gasteiger partial charge in [0.15, 0.2) is 0 Å². The number of nitrogens with zero attached hydrogens (tertiary/aromatic N) is 1. The van der Waals surface area contributed by atoms with Crippen LogP contribution in [-0.4, -0.2) is 4.57 Å². The van der Waals surface area contributed by atoms with Gasteiger partial charge in [0.1, 0.15) is 11.2 Å². The molecule has 12 rings (SSSR count). The average molecular weight is 640 g/mol. The molecule has 3 aromatic heterocycles. The second-order valence-corrected chi connectivity index (χ2v) is 14.3. The Bertz CT molecular complexity index is 3200. The zero-order valence-corrected chi connectivity index (χ0v) is 27.0. The molecule has 3 heteroatoms. The lowest BCUT2D eigenvalue weighted by Gasteiger charge is -2.10. The molecule has 11 aromatic rings. The molecule has 1 aliphatic rings. The normalized spacial score (nSPS) is 12.5. The molecule has 0 amide bonds. The second-order valence-electron chi connectivity index (χ2n) is 13.2. The standard InChI is InChI=1S/C46H25NOS/c1-2-9-30-29(8-1)34-13-7-12-33-28(18-19-35(30)44(33)34)26-16-22-41-38(24-26)39-25-27(17-23-42(39)48-41)47-40-14-5-3-10-31(40)36-20-21-37-32-11-4-6-15-43(32)49-46(37)45(36)47/h1-25H. The summed E-state index contributed by atoms with van der Waals surface area (Å²) in [5.41, 5.74) is 13.2. The molecule has 0 N–H and O–H groups in total. The van der Waals surface area contributed by atoms with E-state index in [1.165, 1.54) is 86.1 Å². The lowest BCUT2D eigenvalue weighted by Crippen LogP contribution is -1.93. The van der Waals surface area contributed by atoms with E-state index in [1.807, 2.05) is 11.3 Å².